The second-order valence-corrected chi connectivity index (χ2v) is 11.7. The minimum Gasteiger partial charge on any atom is -0.325 e. The Morgan fingerprint density at radius 3 is 1.82 bits per heavy atom. The van der Waals surface area contributed by atoms with Crippen molar-refractivity contribution in [2.24, 2.45) is 0 Å². The minimum absolute atomic E-state index is 0.0506. The van der Waals surface area contributed by atoms with Crippen molar-refractivity contribution in [1.82, 2.24) is 20.0 Å². The number of anilines is 2. The summed E-state index contributed by atoms with van der Waals surface area (Å²) in [5.74, 6) is 0. The first-order chi connectivity index (χ1) is 21.6. The van der Waals surface area contributed by atoms with Crippen LogP contribution in [0.2, 0.25) is 0 Å². The molecule has 0 saturated carbocycles. The number of hydrogen-bond acceptors (Lipinski definition) is 3. The molecule has 1 aliphatic rings. The fourth-order valence-corrected chi connectivity index (χ4v) is 5.89. The molecule has 3 aromatic rings. The molecule has 1 heterocycles. The van der Waals surface area contributed by atoms with Gasteiger partial charge in [-0.15, -0.1) is 0 Å². The van der Waals surface area contributed by atoms with Crippen molar-refractivity contribution in [2.75, 3.05) is 44.2 Å². The maximum atomic E-state index is 14.4. The molecular formula is C37H51N5O2. The summed E-state index contributed by atoms with van der Waals surface area (Å²) in [5.41, 5.74) is 2.90. The van der Waals surface area contributed by atoms with Gasteiger partial charge in [0.05, 0.1) is 17.4 Å². The van der Waals surface area contributed by atoms with Crippen molar-refractivity contribution in [1.29, 1.82) is 0 Å². The molecule has 1 aliphatic heterocycles. The van der Waals surface area contributed by atoms with Gasteiger partial charge in [0.25, 0.3) is 0 Å². The molecule has 1 N–H and O–H groups in total. The van der Waals surface area contributed by atoms with Gasteiger partial charge < -0.3 is 20.0 Å². The van der Waals surface area contributed by atoms with Gasteiger partial charge in [0.15, 0.2) is 0 Å². The molecule has 1 saturated heterocycles. The Bertz CT molecular complexity index is 1190. The standard InChI is InChI=1S/C37H51N5O2/c1-3-5-16-26-39(27-17-6-4-2)36(43)40-28-29-41(35(31-40)24-25-38-30-32-18-10-7-11-19-32)37(44)42(33-20-12-8-13-21-33)34-22-14-9-15-23-34/h7-15,18-23,35,38H,3-6,16-17,24-31H2,1-2H3. The number of carbonyl (C=O) groups is 2. The number of unbranched alkanes of at least 4 members (excludes halogenated alkanes) is 4. The second-order valence-electron chi connectivity index (χ2n) is 11.7. The van der Waals surface area contributed by atoms with E-state index in [2.05, 4.69) is 48.3 Å². The molecule has 44 heavy (non-hydrogen) atoms. The van der Waals surface area contributed by atoms with E-state index in [0.29, 0.717) is 19.6 Å². The minimum atomic E-state index is -0.105. The first-order valence-electron chi connectivity index (χ1n) is 16.6. The van der Waals surface area contributed by atoms with Crippen molar-refractivity contribution in [2.45, 2.75) is 71.4 Å². The van der Waals surface area contributed by atoms with Gasteiger partial charge in [0.2, 0.25) is 0 Å². The van der Waals surface area contributed by atoms with Crippen LogP contribution in [-0.2, 0) is 6.54 Å². The Hall–Kier alpha value is -3.84. The van der Waals surface area contributed by atoms with Crippen LogP contribution in [0.25, 0.3) is 0 Å². The summed E-state index contributed by atoms with van der Waals surface area (Å²) in [6.07, 6.45) is 7.34. The number of hydrogen-bond donors (Lipinski definition) is 1. The Morgan fingerprint density at radius 2 is 1.27 bits per heavy atom. The molecule has 0 spiro atoms. The summed E-state index contributed by atoms with van der Waals surface area (Å²) in [4.78, 5) is 36.2. The van der Waals surface area contributed by atoms with Gasteiger partial charge in [-0.1, -0.05) is 106 Å². The number of amides is 4. The van der Waals surface area contributed by atoms with Gasteiger partial charge in [0.1, 0.15) is 0 Å². The molecule has 0 radical (unpaired) electrons. The average molecular weight is 598 g/mol. The summed E-state index contributed by atoms with van der Waals surface area (Å²) in [6, 6.07) is 30.0. The lowest BCUT2D eigenvalue weighted by Gasteiger charge is -2.44. The van der Waals surface area contributed by atoms with Crippen molar-refractivity contribution < 1.29 is 9.59 Å². The van der Waals surface area contributed by atoms with E-state index in [1.165, 1.54) is 5.56 Å². The summed E-state index contributed by atoms with van der Waals surface area (Å²) < 4.78 is 0. The van der Waals surface area contributed by atoms with E-state index in [4.69, 9.17) is 0 Å². The van der Waals surface area contributed by atoms with Crippen LogP contribution >= 0.6 is 0 Å². The topological polar surface area (TPSA) is 59.1 Å². The molecule has 1 atom stereocenters. The van der Waals surface area contributed by atoms with Gasteiger partial charge in [0, 0.05) is 39.3 Å². The highest BCUT2D eigenvalue weighted by atomic mass is 16.2. The highest BCUT2D eigenvalue weighted by Crippen LogP contribution is 2.28. The van der Waals surface area contributed by atoms with Crippen molar-refractivity contribution in [3.05, 3.63) is 96.6 Å². The maximum Gasteiger partial charge on any atom is 0.329 e. The Morgan fingerprint density at radius 1 is 0.727 bits per heavy atom. The van der Waals surface area contributed by atoms with Crippen LogP contribution in [0.1, 0.15) is 64.4 Å². The van der Waals surface area contributed by atoms with Crippen LogP contribution in [0.5, 0.6) is 0 Å². The van der Waals surface area contributed by atoms with Crippen LogP contribution in [0.3, 0.4) is 0 Å². The zero-order valence-corrected chi connectivity index (χ0v) is 26.7. The van der Waals surface area contributed by atoms with Crippen LogP contribution < -0.4 is 10.2 Å². The normalized spacial score (nSPS) is 14.8. The van der Waals surface area contributed by atoms with E-state index in [1.807, 2.05) is 81.4 Å². The fraction of sp³-hybridized carbons (Fsp3) is 0.459. The van der Waals surface area contributed by atoms with Gasteiger partial charge >= 0.3 is 12.1 Å². The molecule has 1 fully saturated rings. The van der Waals surface area contributed by atoms with E-state index in [9.17, 15) is 9.59 Å². The van der Waals surface area contributed by atoms with E-state index in [-0.39, 0.29) is 18.1 Å². The lowest BCUT2D eigenvalue weighted by Crippen LogP contribution is -2.61. The lowest BCUT2D eigenvalue weighted by molar-refractivity contribution is 0.0879. The third-order valence-corrected chi connectivity index (χ3v) is 8.38. The molecule has 0 aromatic heterocycles. The molecule has 1 unspecified atom stereocenters. The molecule has 0 bridgehead atoms. The van der Waals surface area contributed by atoms with E-state index in [1.54, 1.807) is 0 Å². The van der Waals surface area contributed by atoms with Crippen molar-refractivity contribution in [3.63, 3.8) is 0 Å². The molecule has 3 aromatic carbocycles. The highest BCUT2D eigenvalue weighted by Gasteiger charge is 2.36. The molecule has 7 heteroatoms. The molecule has 236 valence electrons. The Kier molecular flexibility index (Phi) is 13.6. The summed E-state index contributed by atoms with van der Waals surface area (Å²) in [6.45, 7) is 9.09. The lowest BCUT2D eigenvalue weighted by atomic mass is 10.1. The van der Waals surface area contributed by atoms with Crippen molar-refractivity contribution in [3.8, 4) is 0 Å². The average Bonchev–Trinajstić information content (AvgIpc) is 3.07. The van der Waals surface area contributed by atoms with Crippen molar-refractivity contribution >= 4 is 23.4 Å². The number of rotatable bonds is 15. The molecule has 7 nitrogen and oxygen atoms in total. The predicted molar refractivity (Wildman–Crippen MR) is 181 cm³/mol. The van der Waals surface area contributed by atoms with Gasteiger partial charge in [-0.05, 0) is 55.6 Å². The van der Waals surface area contributed by atoms with Gasteiger partial charge in [-0.25, -0.2) is 9.59 Å². The Labute approximate surface area is 264 Å². The highest BCUT2D eigenvalue weighted by molar-refractivity contribution is 5.99. The van der Waals surface area contributed by atoms with E-state index >= 15 is 0 Å². The third-order valence-electron chi connectivity index (χ3n) is 8.38. The quantitative estimate of drug-likeness (QED) is 0.181. The maximum absolute atomic E-state index is 14.4. The SMILES string of the molecule is CCCCCN(CCCCC)C(=O)N1CCN(C(=O)N(c2ccccc2)c2ccccc2)C(CCNCc2ccccc2)C1. The number of nitrogens with one attached hydrogen (secondary N) is 1. The monoisotopic (exact) mass is 597 g/mol. The number of benzene rings is 3. The summed E-state index contributed by atoms with van der Waals surface area (Å²) >= 11 is 0. The van der Waals surface area contributed by atoms with Crippen LogP contribution in [0.4, 0.5) is 21.0 Å². The van der Waals surface area contributed by atoms with Gasteiger partial charge in [-0.3, -0.25) is 4.90 Å². The third kappa shape index (κ3) is 9.58. The molecule has 4 amide bonds. The van der Waals surface area contributed by atoms with Crippen LogP contribution in [-0.4, -0.2) is 72.1 Å². The number of urea groups is 2. The fourth-order valence-electron chi connectivity index (χ4n) is 5.89. The van der Waals surface area contributed by atoms with E-state index < -0.39 is 0 Å². The van der Waals surface area contributed by atoms with Crippen LogP contribution in [0.15, 0.2) is 91.0 Å². The molecule has 4 rings (SSSR count). The first-order valence-corrected chi connectivity index (χ1v) is 16.6. The summed E-state index contributed by atoms with van der Waals surface area (Å²) in [5, 5.41) is 3.57. The number of para-hydroxylation sites is 2. The van der Waals surface area contributed by atoms with Crippen LogP contribution in [0, 0.1) is 0 Å². The second kappa shape index (κ2) is 18.1. The number of piperazine rings is 1. The smallest absolute Gasteiger partial charge is 0.325 e. The zero-order chi connectivity index (χ0) is 31.0. The number of carbonyl (C=O) groups excluding carboxylic acids is 2. The zero-order valence-electron chi connectivity index (χ0n) is 26.7. The number of nitrogens with zero attached hydrogens (tertiary/aromatic N) is 4. The van der Waals surface area contributed by atoms with Gasteiger partial charge in [-0.2, -0.15) is 0 Å². The largest absolute Gasteiger partial charge is 0.329 e. The first kappa shape index (κ1) is 33.1. The predicted octanol–water partition coefficient (Wildman–Crippen LogP) is 7.91. The Balaban J connectivity index is 1.53. The summed E-state index contributed by atoms with van der Waals surface area (Å²) in [7, 11) is 0. The molecular weight excluding hydrogens is 546 g/mol. The van der Waals surface area contributed by atoms with E-state index in [0.717, 1.165) is 82.5 Å². The molecule has 0 aliphatic carbocycles.